The molecule has 17 heteroatoms. The summed E-state index contributed by atoms with van der Waals surface area (Å²) in [5.74, 6) is 0. The van der Waals surface area contributed by atoms with Crippen molar-refractivity contribution in [3.05, 3.63) is 0 Å². The number of nitrogens with one attached hydrogen (secondary N) is 1. The summed E-state index contributed by atoms with van der Waals surface area (Å²) < 4.78 is 55.7. The lowest BCUT2D eigenvalue weighted by Gasteiger charge is -2.31. The molecule has 1 unspecified atom stereocenters. The molecule has 0 aromatic carbocycles. The Morgan fingerprint density at radius 2 is 1.04 bits per heavy atom. The summed E-state index contributed by atoms with van der Waals surface area (Å²) in [5, 5.41) is 1.38. The highest BCUT2D eigenvalue weighted by Gasteiger charge is 2.54. The summed E-state index contributed by atoms with van der Waals surface area (Å²) in [6.45, 7) is 1.88. The molecule has 0 aromatic rings. The predicted molar refractivity (Wildman–Crippen MR) is 77.7 cm³/mol. The Balaban J connectivity index is 6.03. The van der Waals surface area contributed by atoms with Crippen molar-refractivity contribution in [3.8, 4) is 0 Å². The third-order valence-electron chi connectivity index (χ3n) is 2.17. The van der Waals surface area contributed by atoms with Gasteiger partial charge in [0.1, 0.15) is 0 Å². The van der Waals surface area contributed by atoms with Crippen LogP contribution in [0.5, 0.6) is 0 Å². The number of hydrogen-bond acceptors (Lipinski definition) is 7. The van der Waals surface area contributed by atoms with Crippen LogP contribution in [0.15, 0.2) is 0 Å². The van der Waals surface area contributed by atoms with Crippen LogP contribution in [0.2, 0.25) is 0 Å². The first-order valence-corrected chi connectivity index (χ1v) is 12.6. The van der Waals surface area contributed by atoms with Crippen LogP contribution >= 0.6 is 30.4 Å². The minimum absolute atomic E-state index is 0.355. The monoisotopic (exact) mass is 421 g/mol. The summed E-state index contributed by atoms with van der Waals surface area (Å²) in [5.41, 5.74) is -5.68. The maximum Gasteiger partial charge on any atom is 0.359 e. The van der Waals surface area contributed by atoms with Gasteiger partial charge in [-0.25, -0.2) is 0 Å². The minimum Gasteiger partial charge on any atom is -0.323 e. The molecule has 0 amide bonds. The van der Waals surface area contributed by atoms with Crippen molar-refractivity contribution in [3.63, 3.8) is 0 Å². The largest absolute Gasteiger partial charge is 0.359 e. The van der Waals surface area contributed by atoms with Crippen LogP contribution in [0.3, 0.4) is 0 Å². The Hall–Kier alpha value is 0.560. The molecule has 0 spiro atoms. The van der Waals surface area contributed by atoms with Gasteiger partial charge in [0.15, 0.2) is 0 Å². The van der Waals surface area contributed by atoms with E-state index < -0.39 is 41.4 Å². The summed E-state index contributed by atoms with van der Waals surface area (Å²) in [7, 11) is -21.3. The van der Waals surface area contributed by atoms with E-state index in [0.717, 1.165) is 0 Å². The molecule has 23 heavy (non-hydrogen) atoms. The molecule has 7 N–H and O–H groups in total. The molecule has 1 atom stereocenters. The zero-order valence-corrected chi connectivity index (χ0v) is 15.6. The highest BCUT2D eigenvalue weighted by Crippen LogP contribution is 2.67. The van der Waals surface area contributed by atoms with E-state index in [2.05, 4.69) is 9.05 Å². The van der Waals surface area contributed by atoms with Crippen molar-refractivity contribution < 1.29 is 56.7 Å². The molecule has 0 aromatic heterocycles. The van der Waals surface area contributed by atoms with Gasteiger partial charge in [-0.1, -0.05) is 0 Å². The van der Waals surface area contributed by atoms with Gasteiger partial charge < -0.3 is 38.4 Å². The van der Waals surface area contributed by atoms with Gasteiger partial charge in [0.2, 0.25) is 11.0 Å². The van der Waals surface area contributed by atoms with Crippen LogP contribution in [0.25, 0.3) is 0 Å². The molecule has 13 nitrogen and oxygen atoms in total. The van der Waals surface area contributed by atoms with E-state index in [-0.39, 0.29) is 13.2 Å². The average Bonchev–Trinajstić information content (AvgIpc) is 2.23. The lowest BCUT2D eigenvalue weighted by atomic mass is 10.9. The molecule has 0 aliphatic heterocycles. The van der Waals surface area contributed by atoms with Crippen LogP contribution in [0, 0.1) is 0 Å². The quantitative estimate of drug-likeness (QED) is 0.230. The van der Waals surface area contributed by atoms with Gasteiger partial charge in [-0.15, -0.1) is 0 Å². The van der Waals surface area contributed by atoms with Crippen LogP contribution in [-0.2, 0) is 27.3 Å². The highest BCUT2D eigenvalue weighted by atomic mass is 31.2. The molecule has 140 valence electrons. The van der Waals surface area contributed by atoms with Crippen molar-refractivity contribution in [2.45, 2.75) is 24.9 Å². The second-order valence-corrected chi connectivity index (χ2v) is 12.1. The molecule has 0 saturated heterocycles. The second kappa shape index (κ2) is 8.29. The topological polar surface area (TPSA) is 220 Å². The zero-order valence-electron chi connectivity index (χ0n) is 12.0. The molecule has 0 aliphatic rings. The van der Waals surface area contributed by atoms with Crippen molar-refractivity contribution in [1.82, 2.24) is 5.32 Å². The van der Waals surface area contributed by atoms with Gasteiger partial charge in [0.25, 0.3) is 0 Å². The smallest absolute Gasteiger partial charge is 0.323 e. The van der Waals surface area contributed by atoms with Crippen LogP contribution in [-0.4, -0.2) is 53.6 Å². The molecule has 0 fully saturated rings. The first-order chi connectivity index (χ1) is 10.1. The summed E-state index contributed by atoms with van der Waals surface area (Å²) >= 11 is 0. The Morgan fingerprint density at radius 3 is 1.26 bits per heavy atom. The standard InChI is InChI=1S/C6H19NO12P4/c1-3-18-23(17,19-4-2)6(22(14,15)16)7-5(20(8,9)10)21(11,12)13/h5-7H,3-4H2,1-2H3,(H2,8,9,10)(H2,11,12,13)(H2,14,15,16). The summed E-state index contributed by atoms with van der Waals surface area (Å²) in [4.78, 5) is 54.5. The van der Waals surface area contributed by atoms with E-state index in [0.29, 0.717) is 0 Å². The lowest BCUT2D eigenvalue weighted by molar-refractivity contribution is 0.210. The first kappa shape index (κ1) is 23.6. The van der Waals surface area contributed by atoms with E-state index in [9.17, 15) is 28.0 Å². The van der Waals surface area contributed by atoms with Crippen molar-refractivity contribution in [2.75, 3.05) is 13.2 Å². The Morgan fingerprint density at radius 1 is 0.739 bits per heavy atom. The molecule has 0 rings (SSSR count). The normalized spacial score (nSPS) is 15.9. The molecule has 0 saturated carbocycles. The highest BCUT2D eigenvalue weighted by molar-refractivity contribution is 7.73. The van der Waals surface area contributed by atoms with Gasteiger partial charge >= 0.3 is 30.4 Å². The predicted octanol–water partition coefficient (Wildman–Crippen LogP) is -0.0576. The third-order valence-corrected chi connectivity index (χ3v) is 10.1. The van der Waals surface area contributed by atoms with Crippen molar-refractivity contribution in [1.29, 1.82) is 0 Å². The van der Waals surface area contributed by atoms with E-state index in [4.69, 9.17) is 19.6 Å². The van der Waals surface area contributed by atoms with Gasteiger partial charge in [0, 0.05) is 0 Å². The molecule has 0 bridgehead atoms. The number of rotatable bonds is 10. The van der Waals surface area contributed by atoms with Crippen LogP contribution in [0.1, 0.15) is 13.8 Å². The first-order valence-electron chi connectivity index (χ1n) is 5.90. The van der Waals surface area contributed by atoms with Gasteiger partial charge in [0.05, 0.1) is 13.2 Å². The summed E-state index contributed by atoms with van der Waals surface area (Å²) in [6.07, 6.45) is 0. The molecule has 0 aliphatic carbocycles. The van der Waals surface area contributed by atoms with Gasteiger partial charge in [-0.2, -0.15) is 0 Å². The fourth-order valence-corrected chi connectivity index (χ4v) is 7.78. The maximum atomic E-state index is 12.4. The van der Waals surface area contributed by atoms with Gasteiger partial charge in [-0.3, -0.25) is 23.6 Å². The lowest BCUT2D eigenvalue weighted by Crippen LogP contribution is -2.38. The summed E-state index contributed by atoms with van der Waals surface area (Å²) in [6, 6.07) is 0. The van der Waals surface area contributed by atoms with Crippen LogP contribution < -0.4 is 5.32 Å². The van der Waals surface area contributed by atoms with E-state index in [1.165, 1.54) is 19.2 Å². The number of hydrogen-bond donors (Lipinski definition) is 7. The van der Waals surface area contributed by atoms with E-state index in [1.54, 1.807) is 0 Å². The Bertz CT molecular complexity index is 542. The fraction of sp³-hybridized carbons (Fsp3) is 1.00. The molecular weight excluding hydrogens is 402 g/mol. The van der Waals surface area contributed by atoms with E-state index in [1.807, 2.05) is 0 Å². The Kier molecular flexibility index (Phi) is 8.49. The van der Waals surface area contributed by atoms with Crippen molar-refractivity contribution in [2.24, 2.45) is 0 Å². The van der Waals surface area contributed by atoms with Crippen LogP contribution in [0.4, 0.5) is 0 Å². The molecule has 0 radical (unpaired) electrons. The third kappa shape index (κ3) is 7.13. The second-order valence-electron chi connectivity index (χ2n) is 4.06. The molecular formula is C6H19NO12P4. The molecule has 0 heterocycles. The van der Waals surface area contributed by atoms with Gasteiger partial charge in [-0.05, 0) is 13.8 Å². The zero-order chi connectivity index (χ0) is 18.7. The van der Waals surface area contributed by atoms with E-state index >= 15 is 0 Å². The SMILES string of the molecule is CCOP(=O)(OCC)C(NC(P(=O)(O)O)P(=O)(O)O)P(=O)(O)O. The average molecular weight is 421 g/mol. The minimum atomic E-state index is -5.58. The van der Waals surface area contributed by atoms with Crippen molar-refractivity contribution >= 4 is 30.4 Å². The fourth-order valence-electron chi connectivity index (χ4n) is 1.43. The maximum absolute atomic E-state index is 12.4. The Labute approximate surface area is 131 Å².